The van der Waals surface area contributed by atoms with Gasteiger partial charge in [0.05, 0.1) is 13.3 Å². The second-order valence-electron chi connectivity index (χ2n) is 4.73. The van der Waals surface area contributed by atoms with E-state index in [0.717, 1.165) is 16.9 Å². The van der Waals surface area contributed by atoms with E-state index in [1.54, 1.807) is 31.5 Å². The Bertz CT molecular complexity index is 897. The number of nitrogens with zero attached hydrogens (tertiary/aromatic N) is 3. The van der Waals surface area contributed by atoms with E-state index >= 15 is 0 Å². The van der Waals surface area contributed by atoms with Crippen LogP contribution in [-0.2, 0) is 0 Å². The molecule has 2 aromatic carbocycles. The molecular weight excluding hydrogens is 312 g/mol. The van der Waals surface area contributed by atoms with Crippen molar-refractivity contribution in [1.82, 2.24) is 14.9 Å². The third-order valence-electron chi connectivity index (χ3n) is 3.19. The minimum absolute atomic E-state index is 0.181. The molecule has 0 aliphatic heterocycles. The Kier molecular flexibility index (Phi) is 4.20. The predicted molar refractivity (Wildman–Crippen MR) is 90.5 cm³/mol. The quantitative estimate of drug-likeness (QED) is 0.570. The third kappa shape index (κ3) is 3.29. The average Bonchev–Trinajstić information content (AvgIpc) is 2.94. The van der Waals surface area contributed by atoms with Crippen LogP contribution in [0.15, 0.2) is 53.6 Å². The molecule has 6 nitrogen and oxygen atoms in total. The van der Waals surface area contributed by atoms with Crippen molar-refractivity contribution in [3.8, 4) is 22.9 Å². The lowest BCUT2D eigenvalue weighted by molar-refractivity contribution is 0.415. The van der Waals surface area contributed by atoms with Gasteiger partial charge in [0.15, 0.2) is 5.82 Å². The van der Waals surface area contributed by atoms with E-state index in [0.29, 0.717) is 10.6 Å². The maximum atomic E-state index is 9.49. The highest BCUT2D eigenvalue weighted by atomic mass is 32.1. The lowest BCUT2D eigenvalue weighted by Crippen LogP contribution is -1.95. The molecule has 0 fully saturated rings. The number of ether oxygens (including phenoxy) is 1. The number of hydrogen-bond donors (Lipinski definition) is 2. The van der Waals surface area contributed by atoms with Crippen molar-refractivity contribution in [3.63, 3.8) is 0 Å². The van der Waals surface area contributed by atoms with Crippen LogP contribution < -0.4 is 4.74 Å². The van der Waals surface area contributed by atoms with Crippen molar-refractivity contribution in [2.45, 2.75) is 0 Å². The SMILES string of the molecule is COc1ccc(-c2n[nH]c(=S)n2/N=C/c2cccc(O)c2)cc1. The molecule has 0 unspecified atom stereocenters. The van der Waals surface area contributed by atoms with Crippen molar-refractivity contribution < 1.29 is 9.84 Å². The highest BCUT2D eigenvalue weighted by molar-refractivity contribution is 7.71. The van der Waals surface area contributed by atoms with Gasteiger partial charge in [-0.15, -0.1) is 0 Å². The maximum absolute atomic E-state index is 9.49. The molecule has 0 amide bonds. The Morgan fingerprint density at radius 2 is 2.04 bits per heavy atom. The topological polar surface area (TPSA) is 75.4 Å². The van der Waals surface area contributed by atoms with E-state index in [-0.39, 0.29) is 5.75 Å². The van der Waals surface area contributed by atoms with Crippen LogP contribution in [0.3, 0.4) is 0 Å². The number of nitrogens with one attached hydrogen (secondary N) is 1. The predicted octanol–water partition coefficient (Wildman–Crippen LogP) is 3.20. The highest BCUT2D eigenvalue weighted by Gasteiger charge is 2.08. The molecule has 0 atom stereocenters. The molecule has 23 heavy (non-hydrogen) atoms. The summed E-state index contributed by atoms with van der Waals surface area (Å²) in [6.07, 6.45) is 1.61. The van der Waals surface area contributed by atoms with Crippen LogP contribution >= 0.6 is 12.2 Å². The highest BCUT2D eigenvalue weighted by Crippen LogP contribution is 2.20. The fourth-order valence-electron chi connectivity index (χ4n) is 2.06. The first-order chi connectivity index (χ1) is 11.2. The monoisotopic (exact) mass is 326 g/mol. The smallest absolute Gasteiger partial charge is 0.216 e. The molecule has 3 aromatic rings. The number of benzene rings is 2. The number of rotatable bonds is 4. The second kappa shape index (κ2) is 6.45. The zero-order valence-corrected chi connectivity index (χ0v) is 13.1. The minimum atomic E-state index is 0.181. The van der Waals surface area contributed by atoms with Gasteiger partial charge in [-0.2, -0.15) is 14.9 Å². The van der Waals surface area contributed by atoms with Gasteiger partial charge in [-0.25, -0.2) is 5.10 Å². The maximum Gasteiger partial charge on any atom is 0.216 e. The van der Waals surface area contributed by atoms with Gasteiger partial charge in [-0.1, -0.05) is 12.1 Å². The van der Waals surface area contributed by atoms with Crippen LogP contribution in [-0.4, -0.2) is 33.3 Å². The normalized spacial score (nSPS) is 11.0. The Morgan fingerprint density at radius 1 is 1.26 bits per heavy atom. The van der Waals surface area contributed by atoms with Gasteiger partial charge in [0.1, 0.15) is 11.5 Å². The lowest BCUT2D eigenvalue weighted by Gasteiger charge is -2.03. The molecule has 0 bridgehead atoms. The third-order valence-corrected chi connectivity index (χ3v) is 3.46. The molecule has 1 aromatic heterocycles. The van der Waals surface area contributed by atoms with E-state index in [2.05, 4.69) is 15.3 Å². The fourth-order valence-corrected chi connectivity index (χ4v) is 2.23. The Hall–Kier alpha value is -2.93. The van der Waals surface area contributed by atoms with Gasteiger partial charge in [-0.3, -0.25) is 0 Å². The Morgan fingerprint density at radius 3 is 2.74 bits per heavy atom. The Balaban J connectivity index is 1.96. The molecule has 0 aliphatic carbocycles. The first kappa shape index (κ1) is 15.0. The summed E-state index contributed by atoms with van der Waals surface area (Å²) in [6, 6.07) is 14.2. The number of aromatic hydroxyl groups is 1. The molecule has 3 rings (SSSR count). The lowest BCUT2D eigenvalue weighted by atomic mass is 10.2. The van der Waals surface area contributed by atoms with Crippen molar-refractivity contribution in [3.05, 3.63) is 58.9 Å². The molecule has 0 saturated heterocycles. The van der Waals surface area contributed by atoms with Gasteiger partial charge in [0.2, 0.25) is 4.77 Å². The van der Waals surface area contributed by atoms with E-state index in [9.17, 15) is 5.11 Å². The van der Waals surface area contributed by atoms with Gasteiger partial charge < -0.3 is 9.84 Å². The van der Waals surface area contributed by atoms with Crippen LogP contribution in [0.5, 0.6) is 11.5 Å². The van der Waals surface area contributed by atoms with Gasteiger partial charge >= 0.3 is 0 Å². The second-order valence-corrected chi connectivity index (χ2v) is 5.12. The summed E-state index contributed by atoms with van der Waals surface area (Å²) in [5, 5.41) is 20.8. The van der Waals surface area contributed by atoms with Crippen molar-refractivity contribution in [2.75, 3.05) is 7.11 Å². The average molecular weight is 326 g/mol. The van der Waals surface area contributed by atoms with Crippen LogP contribution in [0.25, 0.3) is 11.4 Å². The molecule has 0 saturated carbocycles. The molecule has 2 N–H and O–H groups in total. The number of aromatic amines is 1. The number of phenolic OH excluding ortho intramolecular Hbond substituents is 1. The molecule has 7 heteroatoms. The molecule has 0 spiro atoms. The molecule has 1 heterocycles. The molecular formula is C16H14N4O2S. The van der Waals surface area contributed by atoms with Gasteiger partial charge in [-0.05, 0) is 54.2 Å². The van der Waals surface area contributed by atoms with Crippen LogP contribution in [0.4, 0.5) is 0 Å². The zero-order valence-electron chi connectivity index (χ0n) is 12.3. The van der Waals surface area contributed by atoms with E-state index in [4.69, 9.17) is 17.0 Å². The van der Waals surface area contributed by atoms with Crippen molar-refractivity contribution in [1.29, 1.82) is 0 Å². The summed E-state index contributed by atoms with van der Waals surface area (Å²) in [5.74, 6) is 1.53. The summed E-state index contributed by atoms with van der Waals surface area (Å²) >= 11 is 5.22. The number of phenols is 1. The number of methoxy groups -OCH3 is 1. The summed E-state index contributed by atoms with van der Waals surface area (Å²) < 4.78 is 7.06. The molecule has 0 aliphatic rings. The molecule has 0 radical (unpaired) electrons. The fraction of sp³-hybridized carbons (Fsp3) is 0.0625. The number of H-pyrrole nitrogens is 1. The standard InChI is InChI=1S/C16H14N4O2S/c1-22-14-7-5-12(6-8-14)15-18-19-16(23)20(15)17-10-11-3-2-4-13(21)9-11/h2-10,21H,1H3,(H,19,23)/b17-10+. The van der Waals surface area contributed by atoms with Crippen molar-refractivity contribution in [2.24, 2.45) is 5.10 Å². The van der Waals surface area contributed by atoms with Crippen molar-refractivity contribution >= 4 is 18.4 Å². The summed E-state index contributed by atoms with van der Waals surface area (Å²) in [5.41, 5.74) is 1.61. The van der Waals surface area contributed by atoms with Crippen LogP contribution in [0.2, 0.25) is 0 Å². The number of hydrogen-bond acceptors (Lipinski definition) is 5. The first-order valence-corrected chi connectivity index (χ1v) is 7.23. The van der Waals surface area contributed by atoms with E-state index in [1.165, 1.54) is 4.68 Å². The van der Waals surface area contributed by atoms with Crippen LogP contribution in [0.1, 0.15) is 5.56 Å². The summed E-state index contributed by atoms with van der Waals surface area (Å²) in [7, 11) is 1.62. The molecule has 116 valence electrons. The Labute approximate surface area is 137 Å². The largest absolute Gasteiger partial charge is 0.508 e. The van der Waals surface area contributed by atoms with E-state index in [1.807, 2.05) is 30.3 Å². The van der Waals surface area contributed by atoms with Crippen LogP contribution in [0, 0.1) is 4.77 Å². The summed E-state index contributed by atoms with van der Waals surface area (Å²) in [4.78, 5) is 0. The zero-order chi connectivity index (χ0) is 16.2. The van der Waals surface area contributed by atoms with Gasteiger partial charge in [0.25, 0.3) is 0 Å². The van der Waals surface area contributed by atoms with E-state index < -0.39 is 0 Å². The minimum Gasteiger partial charge on any atom is -0.508 e. The van der Waals surface area contributed by atoms with Gasteiger partial charge in [0, 0.05) is 5.56 Å². The number of aromatic nitrogens is 3. The summed E-state index contributed by atoms with van der Waals surface area (Å²) in [6.45, 7) is 0. The first-order valence-electron chi connectivity index (χ1n) is 6.82.